The smallest absolute Gasteiger partial charge is 0.0732 e. The Morgan fingerprint density at radius 1 is 1.24 bits per heavy atom. The van der Waals surface area contributed by atoms with Crippen LogP contribution in [0.3, 0.4) is 0 Å². The van der Waals surface area contributed by atoms with Gasteiger partial charge in [-0.3, -0.25) is 0 Å². The average molecular weight is 388 g/mol. The Morgan fingerprint density at radius 2 is 1.76 bits per heavy atom. The van der Waals surface area contributed by atoms with E-state index in [0.717, 1.165) is 33.8 Å². The van der Waals surface area contributed by atoms with E-state index >= 15 is 0 Å². The molecular formula is C12H18Br2ClNO. The van der Waals surface area contributed by atoms with Gasteiger partial charge in [-0.05, 0) is 30.2 Å². The first-order valence-corrected chi connectivity index (χ1v) is 7.02. The summed E-state index contributed by atoms with van der Waals surface area (Å²) in [5.41, 5.74) is 6.97. The maximum Gasteiger partial charge on any atom is 0.0732 e. The molecule has 0 spiro atoms. The highest BCUT2D eigenvalue weighted by atomic mass is 79.9. The predicted molar refractivity (Wildman–Crippen MR) is 81.6 cm³/mol. The molecule has 2 atom stereocenters. The van der Waals surface area contributed by atoms with E-state index in [1.165, 1.54) is 0 Å². The Kier molecular flexibility index (Phi) is 8.68. The van der Waals surface area contributed by atoms with Crippen LogP contribution in [0.25, 0.3) is 0 Å². The molecule has 0 radical (unpaired) electrons. The van der Waals surface area contributed by atoms with E-state index in [2.05, 4.69) is 38.8 Å². The van der Waals surface area contributed by atoms with Crippen molar-refractivity contribution in [2.24, 2.45) is 5.73 Å². The second-order valence-electron chi connectivity index (χ2n) is 3.94. The lowest BCUT2D eigenvalue weighted by Gasteiger charge is -2.19. The molecule has 0 aliphatic rings. The maximum atomic E-state index is 9.93. The van der Waals surface area contributed by atoms with Gasteiger partial charge in [-0.1, -0.05) is 51.6 Å². The molecule has 17 heavy (non-hydrogen) atoms. The van der Waals surface area contributed by atoms with Crippen molar-refractivity contribution in [3.8, 4) is 0 Å². The van der Waals surface area contributed by atoms with Crippen LogP contribution in [0.2, 0.25) is 0 Å². The van der Waals surface area contributed by atoms with Crippen LogP contribution in [0.5, 0.6) is 0 Å². The predicted octanol–water partition coefficient (Wildman–Crippen LogP) is 4.18. The van der Waals surface area contributed by atoms with Gasteiger partial charge in [0.05, 0.1) is 12.1 Å². The second-order valence-corrected chi connectivity index (χ2v) is 5.77. The van der Waals surface area contributed by atoms with E-state index in [0.29, 0.717) is 0 Å². The first-order valence-electron chi connectivity index (χ1n) is 5.44. The van der Waals surface area contributed by atoms with Gasteiger partial charge in [0.1, 0.15) is 0 Å². The van der Waals surface area contributed by atoms with Crippen molar-refractivity contribution < 1.29 is 5.11 Å². The monoisotopic (exact) mass is 385 g/mol. The van der Waals surface area contributed by atoms with Crippen LogP contribution in [0, 0.1) is 0 Å². The van der Waals surface area contributed by atoms with Gasteiger partial charge in [-0.25, -0.2) is 0 Å². The zero-order chi connectivity index (χ0) is 12.1. The number of benzene rings is 1. The standard InChI is InChI=1S/C12H17Br2NO.ClH/c1-2-3-4-11(16)12(15)8-5-9(13)7-10(14)6-8;/h5-7,11-12,16H,2-4,15H2,1H3;1H/t11-,12+;/m1./s1. The number of unbranched alkanes of at least 4 members (excludes halogenated alkanes) is 1. The van der Waals surface area contributed by atoms with Crippen LogP contribution in [-0.2, 0) is 0 Å². The number of aliphatic hydroxyl groups excluding tert-OH is 1. The van der Waals surface area contributed by atoms with E-state index < -0.39 is 6.10 Å². The normalized spacial score (nSPS) is 13.9. The zero-order valence-corrected chi connectivity index (χ0v) is 13.7. The third-order valence-corrected chi connectivity index (χ3v) is 3.45. The highest BCUT2D eigenvalue weighted by Crippen LogP contribution is 2.26. The number of nitrogens with two attached hydrogens (primary N) is 1. The van der Waals surface area contributed by atoms with Gasteiger partial charge in [0.2, 0.25) is 0 Å². The molecule has 0 amide bonds. The zero-order valence-electron chi connectivity index (χ0n) is 9.70. The van der Waals surface area contributed by atoms with Gasteiger partial charge in [-0.15, -0.1) is 12.4 Å². The van der Waals surface area contributed by atoms with Crippen molar-refractivity contribution in [2.45, 2.75) is 38.3 Å². The molecule has 3 N–H and O–H groups in total. The van der Waals surface area contributed by atoms with E-state index in [1.54, 1.807) is 0 Å². The summed E-state index contributed by atoms with van der Waals surface area (Å²) < 4.78 is 1.94. The van der Waals surface area contributed by atoms with Gasteiger partial charge >= 0.3 is 0 Å². The van der Waals surface area contributed by atoms with Crippen molar-refractivity contribution in [1.82, 2.24) is 0 Å². The fourth-order valence-corrected chi connectivity index (χ4v) is 2.91. The molecule has 1 aromatic carbocycles. The minimum Gasteiger partial charge on any atom is -0.391 e. The van der Waals surface area contributed by atoms with Crippen molar-refractivity contribution >= 4 is 44.3 Å². The molecular weight excluding hydrogens is 369 g/mol. The molecule has 5 heteroatoms. The molecule has 98 valence electrons. The molecule has 0 heterocycles. The lowest BCUT2D eigenvalue weighted by atomic mass is 9.98. The summed E-state index contributed by atoms with van der Waals surface area (Å²) in [6.45, 7) is 2.11. The molecule has 0 bridgehead atoms. The van der Waals surface area contributed by atoms with Crippen LogP contribution < -0.4 is 5.73 Å². The lowest BCUT2D eigenvalue weighted by Crippen LogP contribution is -2.26. The van der Waals surface area contributed by atoms with Crippen molar-refractivity contribution in [1.29, 1.82) is 0 Å². The Bertz CT molecular complexity index is 329. The van der Waals surface area contributed by atoms with Crippen LogP contribution in [0.1, 0.15) is 37.8 Å². The third kappa shape index (κ3) is 5.71. The molecule has 1 aromatic rings. The molecule has 0 saturated heterocycles. The highest BCUT2D eigenvalue weighted by Gasteiger charge is 2.16. The Labute approximate surface area is 126 Å². The quantitative estimate of drug-likeness (QED) is 0.796. The number of hydrogen-bond donors (Lipinski definition) is 2. The largest absolute Gasteiger partial charge is 0.391 e. The van der Waals surface area contributed by atoms with Crippen molar-refractivity contribution in [2.75, 3.05) is 0 Å². The summed E-state index contributed by atoms with van der Waals surface area (Å²) in [5, 5.41) is 9.93. The molecule has 1 rings (SSSR count). The fraction of sp³-hybridized carbons (Fsp3) is 0.500. The van der Waals surface area contributed by atoms with Crippen LogP contribution in [0.15, 0.2) is 27.1 Å². The van der Waals surface area contributed by atoms with E-state index in [-0.39, 0.29) is 18.4 Å². The summed E-state index contributed by atoms with van der Waals surface area (Å²) >= 11 is 6.83. The molecule has 0 saturated carbocycles. The first kappa shape index (κ1) is 17.4. The second kappa shape index (κ2) is 8.48. The van der Waals surface area contributed by atoms with Crippen molar-refractivity contribution in [3.05, 3.63) is 32.7 Å². The van der Waals surface area contributed by atoms with Crippen LogP contribution in [0.4, 0.5) is 0 Å². The summed E-state index contributed by atoms with van der Waals surface area (Å²) in [6.07, 6.45) is 2.36. The Morgan fingerprint density at radius 3 is 2.24 bits per heavy atom. The molecule has 0 fully saturated rings. The molecule has 0 aliphatic heterocycles. The Balaban J connectivity index is 0.00000256. The van der Waals surface area contributed by atoms with E-state index in [1.807, 2.05) is 18.2 Å². The summed E-state index contributed by atoms with van der Waals surface area (Å²) in [7, 11) is 0. The highest BCUT2D eigenvalue weighted by molar-refractivity contribution is 9.11. The summed E-state index contributed by atoms with van der Waals surface area (Å²) in [4.78, 5) is 0. The minimum absolute atomic E-state index is 0. The number of rotatable bonds is 5. The molecule has 2 nitrogen and oxygen atoms in total. The summed E-state index contributed by atoms with van der Waals surface area (Å²) in [6, 6.07) is 5.53. The summed E-state index contributed by atoms with van der Waals surface area (Å²) in [5.74, 6) is 0. The van der Waals surface area contributed by atoms with Gasteiger partial charge in [0, 0.05) is 8.95 Å². The average Bonchev–Trinajstić information content (AvgIpc) is 2.23. The van der Waals surface area contributed by atoms with Crippen LogP contribution >= 0.6 is 44.3 Å². The SMILES string of the molecule is CCCC[C@@H](O)[C@@H](N)c1cc(Br)cc(Br)c1.Cl. The number of aliphatic hydroxyl groups is 1. The molecule has 0 aromatic heterocycles. The van der Waals surface area contributed by atoms with Crippen LogP contribution in [-0.4, -0.2) is 11.2 Å². The molecule has 0 aliphatic carbocycles. The van der Waals surface area contributed by atoms with Gasteiger partial charge < -0.3 is 10.8 Å². The van der Waals surface area contributed by atoms with E-state index in [4.69, 9.17) is 5.73 Å². The third-order valence-electron chi connectivity index (χ3n) is 2.54. The minimum atomic E-state index is -0.471. The molecule has 0 unspecified atom stereocenters. The number of halogens is 3. The lowest BCUT2D eigenvalue weighted by molar-refractivity contribution is 0.132. The van der Waals surface area contributed by atoms with E-state index in [9.17, 15) is 5.11 Å². The first-order chi connectivity index (χ1) is 7.54. The number of hydrogen-bond acceptors (Lipinski definition) is 2. The topological polar surface area (TPSA) is 46.2 Å². The van der Waals surface area contributed by atoms with Gasteiger partial charge in [0.25, 0.3) is 0 Å². The maximum absolute atomic E-state index is 9.93. The van der Waals surface area contributed by atoms with Crippen molar-refractivity contribution in [3.63, 3.8) is 0 Å². The van der Waals surface area contributed by atoms with Gasteiger partial charge in [0.15, 0.2) is 0 Å². The Hall–Kier alpha value is 0.390. The van der Waals surface area contributed by atoms with Gasteiger partial charge in [-0.2, -0.15) is 0 Å². The fourth-order valence-electron chi connectivity index (χ4n) is 1.58.